The van der Waals surface area contributed by atoms with Crippen molar-refractivity contribution in [1.82, 2.24) is 5.32 Å². The Hall–Kier alpha value is -3.57. The maximum atomic E-state index is 12.1. The zero-order valence-electron chi connectivity index (χ0n) is 27.3. The van der Waals surface area contributed by atoms with E-state index < -0.39 is 0 Å². The van der Waals surface area contributed by atoms with Crippen molar-refractivity contribution in [3.8, 4) is 0 Å². The molecule has 5 nitrogen and oxygen atoms in total. The first-order chi connectivity index (χ1) is 20.0. The van der Waals surface area contributed by atoms with Crippen molar-refractivity contribution in [2.45, 2.75) is 68.2 Å². The fourth-order valence-electron chi connectivity index (χ4n) is 4.88. The van der Waals surface area contributed by atoms with E-state index in [1.54, 1.807) is 21.0 Å². The fraction of sp³-hybridized carbons (Fsp3) is 0.389. The van der Waals surface area contributed by atoms with E-state index in [0.29, 0.717) is 5.56 Å². The Balaban J connectivity index is 0.000000465. The number of aliphatic imine (C=N–C) groups is 2. The lowest BCUT2D eigenvalue weighted by Crippen LogP contribution is -2.18. The van der Waals surface area contributed by atoms with E-state index in [1.165, 1.54) is 5.56 Å². The van der Waals surface area contributed by atoms with Crippen LogP contribution in [-0.4, -0.2) is 44.3 Å². The Bertz CT molecular complexity index is 1390. The molecule has 1 amide bonds. The van der Waals surface area contributed by atoms with Crippen molar-refractivity contribution in [3.63, 3.8) is 0 Å². The molecule has 0 spiro atoms. The average Bonchev–Trinajstić information content (AvgIpc) is 2.97. The molecule has 0 aromatic heterocycles. The van der Waals surface area contributed by atoms with Gasteiger partial charge in [0.1, 0.15) is 0 Å². The van der Waals surface area contributed by atoms with Gasteiger partial charge in [-0.3, -0.25) is 19.6 Å². The van der Waals surface area contributed by atoms with E-state index in [2.05, 4.69) is 35.2 Å². The number of allylic oxidation sites excluding steroid dienone is 6. The van der Waals surface area contributed by atoms with Gasteiger partial charge in [0.05, 0.1) is 5.71 Å². The largest absolute Gasteiger partial charge is 0.355 e. The number of aryl methyl sites for hydroxylation is 2. The highest BCUT2D eigenvalue weighted by atomic mass is 35.5. The summed E-state index contributed by atoms with van der Waals surface area (Å²) in [6.45, 7) is 15.8. The molecule has 0 saturated carbocycles. The van der Waals surface area contributed by atoms with E-state index in [1.807, 2.05) is 90.2 Å². The van der Waals surface area contributed by atoms with E-state index in [4.69, 9.17) is 11.6 Å². The summed E-state index contributed by atoms with van der Waals surface area (Å²) in [7, 11) is 5.19. The minimum Gasteiger partial charge on any atom is -0.355 e. The van der Waals surface area contributed by atoms with Crippen molar-refractivity contribution in [3.05, 3.63) is 98.6 Å². The van der Waals surface area contributed by atoms with E-state index >= 15 is 0 Å². The number of hydrogen-bond acceptors (Lipinski definition) is 4. The van der Waals surface area contributed by atoms with Crippen LogP contribution in [0.2, 0.25) is 5.02 Å². The number of nitrogens with zero attached hydrogens (tertiary/aromatic N) is 2. The van der Waals surface area contributed by atoms with Gasteiger partial charge in [-0.2, -0.15) is 0 Å². The average molecular weight is 590 g/mol. The van der Waals surface area contributed by atoms with Crippen LogP contribution < -0.4 is 5.32 Å². The fourth-order valence-corrected chi connectivity index (χ4v) is 5.21. The Morgan fingerprint density at radius 3 is 2.14 bits per heavy atom. The standard InChI is InChI=1S/C22H26N2O2.C12H16ClN.C2H6/c1-13(2)21(15(4)25)19-10-7-16(12-20(19)23-5)18-9-8-17(11-14(18)3)22(26)24-6;1-4-6-11(14-3)12-9(2)7-5-8-10(12)13;1-2/h7-13H,1-6H3,(H,24,26);5,7-8H,4,6H2,1-3H3;1-2H3/b21-19+,23-20?;;. The predicted molar refractivity (Wildman–Crippen MR) is 182 cm³/mol. The first kappa shape index (κ1) is 36.5. The van der Waals surface area contributed by atoms with Crippen molar-refractivity contribution in [2.75, 3.05) is 21.1 Å². The SMILES string of the molecule is CC.CCCC(=NC)c1c(C)cccc1Cl.CN=C1C=C(c2ccc(C(=O)NC)cc2C)C=C/C1=C(\C(C)=O)C(C)C. The van der Waals surface area contributed by atoms with Gasteiger partial charge in [-0.05, 0) is 79.6 Å². The van der Waals surface area contributed by atoms with Gasteiger partial charge in [-0.1, -0.05) is 83.0 Å². The van der Waals surface area contributed by atoms with Gasteiger partial charge in [0.25, 0.3) is 5.91 Å². The van der Waals surface area contributed by atoms with Crippen LogP contribution in [0.4, 0.5) is 0 Å². The third-order valence-electron chi connectivity index (χ3n) is 6.78. The molecule has 1 N–H and O–H groups in total. The second kappa shape index (κ2) is 18.1. The molecule has 1 aliphatic rings. The molecule has 42 heavy (non-hydrogen) atoms. The highest BCUT2D eigenvalue weighted by Crippen LogP contribution is 2.29. The van der Waals surface area contributed by atoms with Gasteiger partial charge in [0, 0.05) is 54.2 Å². The van der Waals surface area contributed by atoms with Gasteiger partial charge in [-0.25, -0.2) is 0 Å². The lowest BCUT2D eigenvalue weighted by atomic mass is 9.86. The molecule has 0 radical (unpaired) electrons. The summed E-state index contributed by atoms with van der Waals surface area (Å²) < 4.78 is 0. The molecule has 2 aromatic rings. The first-order valence-electron chi connectivity index (χ1n) is 14.7. The normalized spacial score (nSPS) is 14.8. The van der Waals surface area contributed by atoms with Crippen LogP contribution in [0.5, 0.6) is 0 Å². The maximum absolute atomic E-state index is 12.1. The lowest BCUT2D eigenvalue weighted by Gasteiger charge is -2.19. The first-order valence-corrected chi connectivity index (χ1v) is 15.0. The zero-order valence-corrected chi connectivity index (χ0v) is 28.0. The molecule has 0 atom stereocenters. The Kier molecular flexibility index (Phi) is 15.7. The molecule has 0 aliphatic heterocycles. The van der Waals surface area contributed by atoms with Crippen LogP contribution in [0.25, 0.3) is 5.57 Å². The third-order valence-corrected chi connectivity index (χ3v) is 7.09. The highest BCUT2D eigenvalue weighted by Gasteiger charge is 2.20. The molecular formula is C36H48ClN3O2. The zero-order chi connectivity index (χ0) is 32.0. The Labute approximate surface area is 258 Å². The van der Waals surface area contributed by atoms with Crippen LogP contribution in [0.15, 0.2) is 75.8 Å². The van der Waals surface area contributed by atoms with Gasteiger partial charge in [-0.15, -0.1) is 0 Å². The van der Waals surface area contributed by atoms with Gasteiger partial charge in [0.2, 0.25) is 0 Å². The van der Waals surface area contributed by atoms with E-state index in [-0.39, 0.29) is 17.6 Å². The number of carbonyl (C=O) groups is 2. The summed E-state index contributed by atoms with van der Waals surface area (Å²) in [6, 6.07) is 11.6. The molecule has 2 aromatic carbocycles. The summed E-state index contributed by atoms with van der Waals surface area (Å²) in [5.74, 6) is 0.105. The third kappa shape index (κ3) is 9.49. The lowest BCUT2D eigenvalue weighted by molar-refractivity contribution is -0.114. The predicted octanol–water partition coefficient (Wildman–Crippen LogP) is 8.81. The number of halogens is 1. The summed E-state index contributed by atoms with van der Waals surface area (Å²) in [5, 5.41) is 3.44. The van der Waals surface area contributed by atoms with Gasteiger partial charge in [0.15, 0.2) is 5.78 Å². The van der Waals surface area contributed by atoms with Crippen LogP contribution in [-0.2, 0) is 4.79 Å². The summed E-state index contributed by atoms with van der Waals surface area (Å²) in [6.07, 6.45) is 8.07. The molecule has 0 heterocycles. The molecule has 0 saturated heterocycles. The monoisotopic (exact) mass is 589 g/mol. The molecule has 226 valence electrons. The number of rotatable bonds is 7. The number of benzene rings is 2. The Morgan fingerprint density at radius 2 is 1.67 bits per heavy atom. The number of nitrogens with one attached hydrogen (secondary N) is 1. The summed E-state index contributed by atoms with van der Waals surface area (Å²) in [4.78, 5) is 32.6. The number of ketones is 1. The highest BCUT2D eigenvalue weighted by molar-refractivity contribution is 6.34. The van der Waals surface area contributed by atoms with Crippen LogP contribution in [0.3, 0.4) is 0 Å². The van der Waals surface area contributed by atoms with Crippen molar-refractivity contribution < 1.29 is 9.59 Å². The molecule has 0 unspecified atom stereocenters. The minimum absolute atomic E-state index is 0.0729. The van der Waals surface area contributed by atoms with Crippen LogP contribution in [0.1, 0.15) is 87.0 Å². The van der Waals surface area contributed by atoms with Crippen molar-refractivity contribution in [1.29, 1.82) is 0 Å². The quantitative estimate of drug-likeness (QED) is 0.259. The smallest absolute Gasteiger partial charge is 0.251 e. The number of Topliss-reactive ketones (excluding diaryl/α,β-unsaturated/α-hetero) is 1. The van der Waals surface area contributed by atoms with Crippen LogP contribution >= 0.6 is 11.6 Å². The molecule has 3 rings (SSSR count). The molecule has 0 bridgehead atoms. The molecule has 1 aliphatic carbocycles. The number of amides is 1. The summed E-state index contributed by atoms with van der Waals surface area (Å²) in [5.41, 5.74) is 9.61. The van der Waals surface area contributed by atoms with Crippen LogP contribution in [0, 0.1) is 19.8 Å². The summed E-state index contributed by atoms with van der Waals surface area (Å²) >= 11 is 6.16. The second-order valence-corrected chi connectivity index (χ2v) is 10.4. The van der Waals surface area contributed by atoms with E-state index in [9.17, 15) is 9.59 Å². The molecular weight excluding hydrogens is 542 g/mol. The second-order valence-electron chi connectivity index (χ2n) is 10.0. The van der Waals surface area contributed by atoms with Crippen molar-refractivity contribution in [2.24, 2.45) is 15.9 Å². The number of carbonyl (C=O) groups excluding carboxylic acids is 2. The van der Waals surface area contributed by atoms with Gasteiger partial charge >= 0.3 is 0 Å². The maximum Gasteiger partial charge on any atom is 0.251 e. The van der Waals surface area contributed by atoms with Gasteiger partial charge < -0.3 is 5.32 Å². The van der Waals surface area contributed by atoms with Crippen molar-refractivity contribution >= 4 is 40.3 Å². The number of hydrogen-bond donors (Lipinski definition) is 1. The topological polar surface area (TPSA) is 70.9 Å². The van der Waals surface area contributed by atoms with E-state index in [0.717, 1.165) is 62.7 Å². The Morgan fingerprint density at radius 1 is 1.00 bits per heavy atom. The molecule has 6 heteroatoms. The minimum atomic E-state index is -0.100. The molecule has 0 fully saturated rings.